The first kappa shape index (κ1) is 36.0. The highest BCUT2D eigenvalue weighted by atomic mass is 16.7. The molecule has 266 valence electrons. The summed E-state index contributed by atoms with van der Waals surface area (Å²) in [6.45, 7) is -0.952. The smallest absolute Gasteiger partial charge is 0.309 e. The minimum atomic E-state index is -1.74. The summed E-state index contributed by atoms with van der Waals surface area (Å²) in [5, 5.41) is 81.3. The van der Waals surface area contributed by atoms with Crippen molar-refractivity contribution in [1.29, 1.82) is 0 Å². The van der Waals surface area contributed by atoms with E-state index < -0.39 is 80.5 Å². The van der Waals surface area contributed by atoms with E-state index in [2.05, 4.69) is 0 Å². The Morgan fingerprint density at radius 3 is 2.02 bits per heavy atom. The van der Waals surface area contributed by atoms with Crippen LogP contribution in [0.5, 0.6) is 23.0 Å². The number of cyclic esters (lactones) is 1. The van der Waals surface area contributed by atoms with Gasteiger partial charge in [0.1, 0.15) is 48.8 Å². The predicted molar refractivity (Wildman–Crippen MR) is 160 cm³/mol. The molecule has 3 fully saturated rings. The van der Waals surface area contributed by atoms with Crippen molar-refractivity contribution < 1.29 is 78.8 Å². The third-order valence-electron chi connectivity index (χ3n) is 8.92. The molecule has 48 heavy (non-hydrogen) atoms. The molecule has 0 aliphatic carbocycles. The predicted octanol–water partition coefficient (Wildman–Crippen LogP) is -2.01. The van der Waals surface area contributed by atoms with Gasteiger partial charge in [-0.2, -0.15) is 0 Å². The number of benzene rings is 2. The highest BCUT2D eigenvalue weighted by molar-refractivity contribution is 5.75. The number of rotatable bonds is 12. The molecule has 3 aliphatic rings. The number of aliphatic hydroxyl groups excluding tert-OH is 7. The van der Waals surface area contributed by atoms with Crippen molar-refractivity contribution in [2.24, 2.45) is 11.8 Å². The number of phenols is 1. The van der Waals surface area contributed by atoms with Crippen LogP contribution in [0.1, 0.15) is 11.1 Å². The first-order valence-electron chi connectivity index (χ1n) is 15.4. The maximum Gasteiger partial charge on any atom is 0.309 e. The van der Waals surface area contributed by atoms with Gasteiger partial charge in [0.2, 0.25) is 6.29 Å². The topological polar surface area (TPSA) is 244 Å². The van der Waals surface area contributed by atoms with Gasteiger partial charge < -0.3 is 74.0 Å². The number of carbonyl (C=O) groups excluding carboxylic acids is 1. The number of methoxy groups -OCH3 is 2. The number of aromatic hydroxyl groups is 1. The van der Waals surface area contributed by atoms with Gasteiger partial charge in [-0.25, -0.2) is 0 Å². The maximum absolute atomic E-state index is 12.7. The molecule has 0 spiro atoms. The van der Waals surface area contributed by atoms with Crippen molar-refractivity contribution >= 4 is 5.97 Å². The van der Waals surface area contributed by atoms with Crippen LogP contribution in [0.2, 0.25) is 0 Å². The first-order chi connectivity index (χ1) is 22.9. The number of hydrogen-bond acceptors (Lipinski definition) is 16. The van der Waals surface area contributed by atoms with Crippen molar-refractivity contribution in [2.75, 3.05) is 34.0 Å². The molecule has 5 rings (SSSR count). The Kier molecular flexibility index (Phi) is 11.6. The SMILES string of the molecule is COc1cc(CC2COC(=O)C2Cc2ccc(OC3OC(COC4OC(CO)C(O)C(O)C4O)C(O)C(O)C3O)c(OC)c2)ccc1O. The number of esters is 1. The summed E-state index contributed by atoms with van der Waals surface area (Å²) in [6.07, 6.45) is -14.8. The summed E-state index contributed by atoms with van der Waals surface area (Å²) in [5.41, 5.74) is 1.59. The zero-order chi connectivity index (χ0) is 34.7. The second-order valence-electron chi connectivity index (χ2n) is 12.1. The Hall–Kier alpha value is -3.29. The maximum atomic E-state index is 12.7. The lowest BCUT2D eigenvalue weighted by molar-refractivity contribution is -0.323. The molecule has 0 aromatic heterocycles. The second kappa shape index (κ2) is 15.5. The lowest BCUT2D eigenvalue weighted by Crippen LogP contribution is -2.62. The molecule has 2 aromatic rings. The summed E-state index contributed by atoms with van der Waals surface area (Å²) in [4.78, 5) is 12.7. The molecule has 3 saturated heterocycles. The van der Waals surface area contributed by atoms with Gasteiger partial charge in [-0.05, 0) is 48.2 Å². The van der Waals surface area contributed by atoms with Crippen LogP contribution in [-0.2, 0) is 36.6 Å². The number of aliphatic hydroxyl groups is 7. The average Bonchev–Trinajstić information content (AvgIpc) is 3.42. The van der Waals surface area contributed by atoms with Crippen LogP contribution < -0.4 is 14.2 Å². The van der Waals surface area contributed by atoms with Gasteiger partial charge in [-0.3, -0.25) is 4.79 Å². The molecule has 0 bridgehead atoms. The van der Waals surface area contributed by atoms with E-state index in [4.69, 9.17) is 33.2 Å². The Bertz CT molecular complexity index is 1390. The van der Waals surface area contributed by atoms with Crippen LogP contribution in [0, 0.1) is 11.8 Å². The molecule has 0 amide bonds. The molecule has 3 aliphatic heterocycles. The molecular weight excluding hydrogens is 640 g/mol. The fourth-order valence-electron chi connectivity index (χ4n) is 6.07. The standard InChI is InChI=1S/C32H42O16/c1-42-20-9-14(3-5-18(20)34)7-16-12-44-30(41)17(16)8-15-4-6-19(21(10-15)43-2)46-32-29(40)27(38)25(36)23(48-32)13-45-31-28(39)26(37)24(35)22(11-33)47-31/h3-6,9-10,16-17,22-29,31-40H,7-8,11-13H2,1-2H3. The molecule has 0 radical (unpaired) electrons. The summed E-state index contributed by atoms with van der Waals surface area (Å²) in [5.74, 6) is -0.266. The number of hydrogen-bond donors (Lipinski definition) is 8. The minimum Gasteiger partial charge on any atom is -0.504 e. The van der Waals surface area contributed by atoms with Gasteiger partial charge in [0.15, 0.2) is 29.3 Å². The Morgan fingerprint density at radius 1 is 0.729 bits per heavy atom. The zero-order valence-electron chi connectivity index (χ0n) is 26.3. The van der Waals surface area contributed by atoms with Crippen LogP contribution in [0.4, 0.5) is 0 Å². The van der Waals surface area contributed by atoms with Crippen LogP contribution in [-0.4, -0.2) is 142 Å². The summed E-state index contributed by atoms with van der Waals surface area (Å²) >= 11 is 0. The molecule has 3 heterocycles. The normalized spacial score (nSPS) is 35.2. The second-order valence-corrected chi connectivity index (χ2v) is 12.1. The van der Waals surface area contributed by atoms with Crippen LogP contribution in [0.25, 0.3) is 0 Å². The van der Waals surface area contributed by atoms with Gasteiger partial charge in [0.05, 0.1) is 40.0 Å². The molecule has 8 N–H and O–H groups in total. The molecule has 12 atom stereocenters. The van der Waals surface area contributed by atoms with Gasteiger partial charge in [-0.15, -0.1) is 0 Å². The van der Waals surface area contributed by atoms with E-state index in [1.807, 2.05) is 0 Å². The number of carbonyl (C=O) groups is 1. The average molecular weight is 683 g/mol. The van der Waals surface area contributed by atoms with E-state index in [0.29, 0.717) is 18.6 Å². The fraction of sp³-hybridized carbons (Fsp3) is 0.594. The van der Waals surface area contributed by atoms with Crippen molar-refractivity contribution in [2.45, 2.75) is 74.3 Å². The van der Waals surface area contributed by atoms with Gasteiger partial charge in [-0.1, -0.05) is 12.1 Å². The third kappa shape index (κ3) is 7.63. The van der Waals surface area contributed by atoms with Crippen LogP contribution in [0.3, 0.4) is 0 Å². The van der Waals surface area contributed by atoms with E-state index in [9.17, 15) is 45.6 Å². The van der Waals surface area contributed by atoms with E-state index in [0.717, 1.165) is 11.1 Å². The monoisotopic (exact) mass is 682 g/mol. The highest BCUT2D eigenvalue weighted by Crippen LogP contribution is 2.36. The Morgan fingerprint density at radius 2 is 1.33 bits per heavy atom. The van der Waals surface area contributed by atoms with Crippen molar-refractivity contribution in [3.05, 3.63) is 47.5 Å². The Labute approximate surface area is 275 Å². The lowest BCUT2D eigenvalue weighted by atomic mass is 9.85. The van der Waals surface area contributed by atoms with Gasteiger partial charge >= 0.3 is 5.97 Å². The van der Waals surface area contributed by atoms with E-state index in [1.165, 1.54) is 20.3 Å². The largest absolute Gasteiger partial charge is 0.504 e. The molecule has 16 nitrogen and oxygen atoms in total. The third-order valence-corrected chi connectivity index (χ3v) is 8.92. The summed E-state index contributed by atoms with van der Waals surface area (Å²) in [7, 11) is 2.85. The van der Waals surface area contributed by atoms with Crippen molar-refractivity contribution in [3.8, 4) is 23.0 Å². The van der Waals surface area contributed by atoms with Gasteiger partial charge in [0.25, 0.3) is 0 Å². The van der Waals surface area contributed by atoms with E-state index in [-0.39, 0.29) is 35.7 Å². The molecule has 12 unspecified atom stereocenters. The summed E-state index contributed by atoms with van der Waals surface area (Å²) < 4.78 is 38.4. The van der Waals surface area contributed by atoms with Crippen molar-refractivity contribution in [3.63, 3.8) is 0 Å². The Balaban J connectivity index is 1.24. The van der Waals surface area contributed by atoms with Crippen molar-refractivity contribution in [1.82, 2.24) is 0 Å². The molecule has 2 aromatic carbocycles. The minimum absolute atomic E-state index is 0.0136. The quantitative estimate of drug-likeness (QED) is 0.113. The number of ether oxygens (including phenoxy) is 7. The number of phenolic OH excluding ortho intramolecular Hbond substituents is 1. The fourth-order valence-corrected chi connectivity index (χ4v) is 6.07. The molecular formula is C32H42O16. The zero-order valence-corrected chi connectivity index (χ0v) is 26.3. The lowest BCUT2D eigenvalue weighted by Gasteiger charge is -2.42. The van der Waals surface area contributed by atoms with Crippen LogP contribution >= 0.6 is 0 Å². The van der Waals surface area contributed by atoms with Gasteiger partial charge in [0, 0.05) is 5.92 Å². The molecule has 16 heteroatoms. The molecule has 0 saturated carbocycles. The first-order valence-corrected chi connectivity index (χ1v) is 15.4. The van der Waals surface area contributed by atoms with E-state index in [1.54, 1.807) is 30.3 Å². The highest BCUT2D eigenvalue weighted by Gasteiger charge is 2.48. The van der Waals surface area contributed by atoms with E-state index >= 15 is 0 Å². The van der Waals surface area contributed by atoms with Crippen LogP contribution in [0.15, 0.2) is 36.4 Å². The summed E-state index contributed by atoms with van der Waals surface area (Å²) in [6, 6.07) is 9.91.